The summed E-state index contributed by atoms with van der Waals surface area (Å²) in [4.78, 5) is 15.8. The van der Waals surface area contributed by atoms with E-state index in [1.54, 1.807) is 0 Å². The number of aromatic carboxylic acids is 1. The summed E-state index contributed by atoms with van der Waals surface area (Å²) in [5.41, 5.74) is 0.809. The number of carboxylic acid groups (broad SMARTS) is 1. The summed E-state index contributed by atoms with van der Waals surface area (Å²) in [7, 11) is 0. The minimum absolute atomic E-state index is 0.146. The van der Waals surface area contributed by atoms with Crippen LogP contribution in [0.3, 0.4) is 0 Å². The SMILES string of the molecule is O=C(O)c1nc(C2CCCCC2)n2cccc(Br)c12. The van der Waals surface area contributed by atoms with E-state index in [4.69, 9.17) is 0 Å². The Kier molecular flexibility index (Phi) is 3.31. The van der Waals surface area contributed by atoms with Crippen molar-refractivity contribution in [3.05, 3.63) is 34.3 Å². The van der Waals surface area contributed by atoms with Gasteiger partial charge < -0.3 is 9.51 Å². The zero-order chi connectivity index (χ0) is 13.4. The average Bonchev–Trinajstić information content (AvgIpc) is 2.81. The fraction of sp³-hybridized carbons (Fsp3) is 0.429. The van der Waals surface area contributed by atoms with Crippen LogP contribution in [0.1, 0.15) is 54.3 Å². The van der Waals surface area contributed by atoms with Crippen molar-refractivity contribution in [2.45, 2.75) is 38.0 Å². The summed E-state index contributed by atoms with van der Waals surface area (Å²) in [5.74, 6) is 0.309. The molecule has 4 nitrogen and oxygen atoms in total. The molecule has 2 aromatic heterocycles. The zero-order valence-electron chi connectivity index (χ0n) is 10.5. The van der Waals surface area contributed by atoms with Crippen LogP contribution < -0.4 is 0 Å². The Hall–Kier alpha value is -1.36. The first-order chi connectivity index (χ1) is 9.18. The molecule has 0 unspecified atom stereocenters. The molecule has 5 heteroatoms. The van der Waals surface area contributed by atoms with Crippen molar-refractivity contribution >= 4 is 27.4 Å². The summed E-state index contributed by atoms with van der Waals surface area (Å²) in [6.07, 6.45) is 7.79. The predicted molar refractivity (Wildman–Crippen MR) is 75.7 cm³/mol. The second-order valence-corrected chi connectivity index (χ2v) is 5.89. The third-order valence-electron chi connectivity index (χ3n) is 3.82. The molecule has 0 atom stereocenters. The van der Waals surface area contributed by atoms with Gasteiger partial charge in [-0.3, -0.25) is 0 Å². The fourth-order valence-corrected chi connectivity index (χ4v) is 3.45. The van der Waals surface area contributed by atoms with Gasteiger partial charge >= 0.3 is 5.97 Å². The molecule has 1 aliphatic rings. The molecule has 0 spiro atoms. The number of halogens is 1. The molecular formula is C14H15BrN2O2. The van der Waals surface area contributed by atoms with E-state index in [-0.39, 0.29) is 5.69 Å². The van der Waals surface area contributed by atoms with Crippen molar-refractivity contribution in [1.82, 2.24) is 9.38 Å². The summed E-state index contributed by atoms with van der Waals surface area (Å²) in [6.45, 7) is 0. The third-order valence-corrected chi connectivity index (χ3v) is 4.46. The normalized spacial score (nSPS) is 16.9. The van der Waals surface area contributed by atoms with Crippen LogP contribution in [0.4, 0.5) is 0 Å². The molecule has 2 heterocycles. The van der Waals surface area contributed by atoms with E-state index < -0.39 is 5.97 Å². The maximum atomic E-state index is 11.4. The molecular weight excluding hydrogens is 308 g/mol. The standard InChI is InChI=1S/C14H15BrN2O2/c15-10-7-4-8-17-12(10)11(14(18)19)16-13(17)9-5-2-1-3-6-9/h4,7-9H,1-3,5-6H2,(H,18,19). The summed E-state index contributed by atoms with van der Waals surface area (Å²) >= 11 is 3.43. The highest BCUT2D eigenvalue weighted by Crippen LogP contribution is 2.34. The molecule has 0 amide bonds. The smallest absolute Gasteiger partial charge is 0.356 e. The van der Waals surface area contributed by atoms with Crippen LogP contribution in [0.5, 0.6) is 0 Å². The van der Waals surface area contributed by atoms with Crippen LogP contribution in [0.2, 0.25) is 0 Å². The average molecular weight is 323 g/mol. The number of imidazole rings is 1. The van der Waals surface area contributed by atoms with Gasteiger partial charge in [0.1, 0.15) is 5.82 Å². The number of carboxylic acids is 1. The minimum Gasteiger partial charge on any atom is -0.476 e. The maximum Gasteiger partial charge on any atom is 0.356 e. The molecule has 1 fully saturated rings. The molecule has 19 heavy (non-hydrogen) atoms. The highest BCUT2D eigenvalue weighted by atomic mass is 79.9. The summed E-state index contributed by atoms with van der Waals surface area (Å²) < 4.78 is 2.71. The Labute approximate surface area is 119 Å². The second-order valence-electron chi connectivity index (χ2n) is 5.03. The van der Waals surface area contributed by atoms with Gasteiger partial charge in [0, 0.05) is 16.6 Å². The quantitative estimate of drug-likeness (QED) is 0.913. The lowest BCUT2D eigenvalue weighted by Gasteiger charge is -2.20. The monoisotopic (exact) mass is 322 g/mol. The van der Waals surface area contributed by atoms with Crippen LogP contribution in [-0.4, -0.2) is 20.5 Å². The van der Waals surface area contributed by atoms with Crippen molar-refractivity contribution in [3.8, 4) is 0 Å². The molecule has 0 radical (unpaired) electrons. The van der Waals surface area contributed by atoms with E-state index in [0.29, 0.717) is 11.4 Å². The summed E-state index contributed by atoms with van der Waals surface area (Å²) in [6, 6.07) is 3.77. The number of aromatic nitrogens is 2. The van der Waals surface area contributed by atoms with Gasteiger partial charge in [-0.05, 0) is 40.9 Å². The number of carbonyl (C=O) groups is 1. The zero-order valence-corrected chi connectivity index (χ0v) is 12.1. The Balaban J connectivity index is 2.19. The van der Waals surface area contributed by atoms with Crippen molar-refractivity contribution in [1.29, 1.82) is 0 Å². The fourth-order valence-electron chi connectivity index (χ4n) is 2.92. The maximum absolute atomic E-state index is 11.4. The van der Waals surface area contributed by atoms with Crippen LogP contribution in [0.15, 0.2) is 22.8 Å². The first kappa shape index (κ1) is 12.7. The lowest BCUT2D eigenvalue weighted by Crippen LogP contribution is -2.08. The van der Waals surface area contributed by atoms with Gasteiger partial charge in [-0.25, -0.2) is 9.78 Å². The van der Waals surface area contributed by atoms with E-state index in [0.717, 1.165) is 23.1 Å². The van der Waals surface area contributed by atoms with Gasteiger partial charge in [-0.15, -0.1) is 0 Å². The highest BCUT2D eigenvalue weighted by Gasteiger charge is 2.25. The van der Waals surface area contributed by atoms with Crippen LogP contribution in [-0.2, 0) is 0 Å². The van der Waals surface area contributed by atoms with Crippen molar-refractivity contribution < 1.29 is 9.90 Å². The van der Waals surface area contributed by atoms with Gasteiger partial charge in [0.05, 0.1) is 5.52 Å². The van der Waals surface area contributed by atoms with Crippen molar-refractivity contribution in [2.75, 3.05) is 0 Å². The number of fused-ring (bicyclic) bond motifs is 1. The Bertz CT molecular complexity index is 630. The molecule has 0 aromatic carbocycles. The highest BCUT2D eigenvalue weighted by molar-refractivity contribution is 9.10. The number of nitrogens with zero attached hydrogens (tertiary/aromatic N) is 2. The topological polar surface area (TPSA) is 54.6 Å². The Morgan fingerprint density at radius 2 is 2.11 bits per heavy atom. The molecule has 0 saturated heterocycles. The van der Waals surface area contributed by atoms with Gasteiger partial charge in [-0.2, -0.15) is 0 Å². The first-order valence-corrected chi connectivity index (χ1v) is 7.37. The Morgan fingerprint density at radius 1 is 1.37 bits per heavy atom. The first-order valence-electron chi connectivity index (χ1n) is 6.58. The molecule has 2 aromatic rings. The van der Waals surface area contributed by atoms with E-state index >= 15 is 0 Å². The van der Waals surface area contributed by atoms with E-state index in [9.17, 15) is 9.90 Å². The van der Waals surface area contributed by atoms with Gasteiger partial charge in [-0.1, -0.05) is 19.3 Å². The number of hydrogen-bond donors (Lipinski definition) is 1. The van der Waals surface area contributed by atoms with E-state index in [2.05, 4.69) is 20.9 Å². The van der Waals surface area contributed by atoms with Crippen LogP contribution in [0.25, 0.3) is 5.52 Å². The van der Waals surface area contributed by atoms with Gasteiger partial charge in [0.15, 0.2) is 5.69 Å². The molecule has 1 N–H and O–H groups in total. The van der Waals surface area contributed by atoms with Crippen LogP contribution >= 0.6 is 15.9 Å². The molecule has 0 bridgehead atoms. The van der Waals surface area contributed by atoms with Crippen molar-refractivity contribution in [3.63, 3.8) is 0 Å². The number of hydrogen-bond acceptors (Lipinski definition) is 2. The van der Waals surface area contributed by atoms with Crippen molar-refractivity contribution in [2.24, 2.45) is 0 Å². The lowest BCUT2D eigenvalue weighted by atomic mass is 9.89. The van der Waals surface area contributed by atoms with Crippen LogP contribution in [0, 0.1) is 0 Å². The number of pyridine rings is 1. The molecule has 3 rings (SSSR count). The third kappa shape index (κ3) is 2.16. The molecule has 1 aliphatic carbocycles. The summed E-state index contributed by atoms with van der Waals surface area (Å²) in [5, 5.41) is 9.32. The predicted octanol–water partition coefficient (Wildman–Crippen LogP) is 3.84. The number of rotatable bonds is 2. The largest absolute Gasteiger partial charge is 0.476 e. The van der Waals surface area contributed by atoms with E-state index in [1.807, 2.05) is 22.7 Å². The molecule has 100 valence electrons. The second kappa shape index (κ2) is 4.96. The lowest BCUT2D eigenvalue weighted by molar-refractivity contribution is 0.0693. The van der Waals surface area contributed by atoms with Gasteiger partial charge in [0.25, 0.3) is 0 Å². The molecule has 1 saturated carbocycles. The molecule has 0 aliphatic heterocycles. The van der Waals surface area contributed by atoms with E-state index in [1.165, 1.54) is 19.3 Å². The van der Waals surface area contributed by atoms with Gasteiger partial charge in [0.2, 0.25) is 0 Å². The Morgan fingerprint density at radius 3 is 2.79 bits per heavy atom. The minimum atomic E-state index is -0.966.